The van der Waals surface area contributed by atoms with E-state index < -0.39 is 16.4 Å². The quantitative estimate of drug-likeness (QED) is 0.592. The van der Waals surface area contributed by atoms with Crippen LogP contribution in [0.5, 0.6) is 0 Å². The van der Waals surface area contributed by atoms with Crippen LogP contribution in [-0.2, 0) is 11.3 Å². The number of nitrogens with one attached hydrogen (secondary N) is 1. The molecular weight excluding hydrogens is 312 g/mol. The van der Waals surface area contributed by atoms with Gasteiger partial charge in [-0.1, -0.05) is 44.2 Å². The molecule has 8 heteroatoms. The maximum atomic E-state index is 12.3. The first-order chi connectivity index (χ1) is 11.3. The molecule has 1 heterocycles. The van der Waals surface area contributed by atoms with E-state index in [1.807, 2.05) is 44.2 Å². The van der Waals surface area contributed by atoms with Crippen molar-refractivity contribution < 1.29 is 14.8 Å². The Bertz CT molecular complexity index is 712. The predicted octanol–water partition coefficient (Wildman–Crippen LogP) is 1.67. The van der Waals surface area contributed by atoms with Crippen molar-refractivity contribution in [2.24, 2.45) is 5.41 Å². The Morgan fingerprint density at radius 3 is 2.62 bits per heavy atom. The van der Waals surface area contributed by atoms with Crippen molar-refractivity contribution in [3.8, 4) is 0 Å². The number of nitrogens with zero attached hydrogens (tertiary/aromatic N) is 3. The molecule has 128 valence electrons. The van der Waals surface area contributed by atoms with Crippen LogP contribution in [0.4, 0.5) is 5.69 Å². The number of aliphatic hydroxyl groups excluding tert-OH is 1. The van der Waals surface area contributed by atoms with Gasteiger partial charge in [0.1, 0.15) is 18.9 Å². The van der Waals surface area contributed by atoms with Crippen molar-refractivity contribution >= 4 is 11.6 Å². The Labute approximate surface area is 139 Å². The first kappa shape index (κ1) is 17.6. The van der Waals surface area contributed by atoms with Gasteiger partial charge in [-0.2, -0.15) is 5.10 Å². The monoisotopic (exact) mass is 332 g/mol. The van der Waals surface area contributed by atoms with Crippen molar-refractivity contribution in [3.63, 3.8) is 0 Å². The minimum absolute atomic E-state index is 0.111. The molecule has 1 unspecified atom stereocenters. The number of aromatic nitrogens is 2. The molecule has 0 radical (unpaired) electrons. The molecule has 2 N–H and O–H groups in total. The average Bonchev–Trinajstić information content (AvgIpc) is 3.02. The van der Waals surface area contributed by atoms with Crippen LogP contribution in [0.25, 0.3) is 0 Å². The molecule has 0 aliphatic heterocycles. The summed E-state index contributed by atoms with van der Waals surface area (Å²) >= 11 is 0. The Morgan fingerprint density at radius 1 is 1.42 bits per heavy atom. The van der Waals surface area contributed by atoms with Crippen LogP contribution >= 0.6 is 0 Å². The molecule has 0 aliphatic rings. The van der Waals surface area contributed by atoms with Gasteiger partial charge < -0.3 is 10.4 Å². The van der Waals surface area contributed by atoms with Gasteiger partial charge in [0.25, 0.3) is 0 Å². The molecule has 1 atom stereocenters. The number of aliphatic hydroxyl groups is 1. The second-order valence-corrected chi connectivity index (χ2v) is 6.21. The van der Waals surface area contributed by atoms with Crippen molar-refractivity contribution in [2.45, 2.75) is 26.4 Å². The third-order valence-electron chi connectivity index (χ3n) is 3.76. The molecule has 24 heavy (non-hydrogen) atoms. The molecule has 1 amide bonds. The van der Waals surface area contributed by atoms with Crippen molar-refractivity contribution in [3.05, 3.63) is 58.4 Å². The highest BCUT2D eigenvalue weighted by Gasteiger charge is 2.31. The first-order valence-electron chi connectivity index (χ1n) is 7.45. The largest absolute Gasteiger partial charge is 0.396 e. The summed E-state index contributed by atoms with van der Waals surface area (Å²) in [5, 5.41) is 27.0. The number of amides is 1. The number of benzene rings is 1. The summed E-state index contributed by atoms with van der Waals surface area (Å²) in [6, 6.07) is 8.94. The van der Waals surface area contributed by atoms with Gasteiger partial charge in [0.15, 0.2) is 0 Å². The third kappa shape index (κ3) is 4.17. The number of hydrogen-bond donors (Lipinski definition) is 2. The van der Waals surface area contributed by atoms with E-state index in [1.54, 1.807) is 0 Å². The molecule has 0 bridgehead atoms. The molecule has 1 aromatic carbocycles. The summed E-state index contributed by atoms with van der Waals surface area (Å²) in [7, 11) is 0. The van der Waals surface area contributed by atoms with Gasteiger partial charge in [-0.15, -0.1) is 0 Å². The molecule has 2 rings (SSSR count). The summed E-state index contributed by atoms with van der Waals surface area (Å²) in [6.45, 7) is 3.45. The minimum atomic E-state index is -0.576. The van der Waals surface area contributed by atoms with Crippen LogP contribution in [0, 0.1) is 15.5 Å². The molecular formula is C16H20N4O4. The predicted molar refractivity (Wildman–Crippen MR) is 87.1 cm³/mol. The van der Waals surface area contributed by atoms with Gasteiger partial charge in [0, 0.05) is 5.41 Å². The van der Waals surface area contributed by atoms with Gasteiger partial charge in [0.05, 0.1) is 17.6 Å². The standard InChI is InChI=1S/C16H20N4O4/c1-16(2,11-21)15(12-6-4-3-5-7-12)18-14(22)10-19-9-13(8-17-19)20(23)24/h3-9,15,21H,10-11H2,1-2H3,(H,18,22). The van der Waals surface area contributed by atoms with E-state index >= 15 is 0 Å². The van der Waals surface area contributed by atoms with Crippen LogP contribution < -0.4 is 5.32 Å². The molecule has 2 aromatic rings. The van der Waals surface area contributed by atoms with E-state index in [1.165, 1.54) is 10.9 Å². The van der Waals surface area contributed by atoms with E-state index in [9.17, 15) is 20.0 Å². The molecule has 8 nitrogen and oxygen atoms in total. The molecule has 0 aliphatic carbocycles. The maximum absolute atomic E-state index is 12.3. The lowest BCUT2D eigenvalue weighted by atomic mass is 9.81. The number of rotatable bonds is 7. The van der Waals surface area contributed by atoms with E-state index in [0.29, 0.717) is 0 Å². The number of hydrogen-bond acceptors (Lipinski definition) is 5. The SMILES string of the molecule is CC(C)(CO)C(NC(=O)Cn1cc([N+](=O)[O-])cn1)c1ccccc1. The normalized spacial score (nSPS) is 12.6. The van der Waals surface area contributed by atoms with E-state index in [-0.39, 0.29) is 24.7 Å². The third-order valence-corrected chi connectivity index (χ3v) is 3.76. The zero-order valence-electron chi connectivity index (χ0n) is 13.5. The Hall–Kier alpha value is -2.74. The zero-order chi connectivity index (χ0) is 17.7. The van der Waals surface area contributed by atoms with Crippen molar-refractivity contribution in [1.82, 2.24) is 15.1 Å². The molecule has 0 saturated carbocycles. The van der Waals surface area contributed by atoms with Crippen LogP contribution in [0.2, 0.25) is 0 Å². The lowest BCUT2D eigenvalue weighted by Gasteiger charge is -2.33. The van der Waals surface area contributed by atoms with Crippen LogP contribution in [0.1, 0.15) is 25.5 Å². The minimum Gasteiger partial charge on any atom is -0.396 e. The van der Waals surface area contributed by atoms with Crippen molar-refractivity contribution in [1.29, 1.82) is 0 Å². The Morgan fingerprint density at radius 2 is 2.08 bits per heavy atom. The second-order valence-electron chi connectivity index (χ2n) is 6.21. The fourth-order valence-corrected chi connectivity index (χ4v) is 2.35. The van der Waals surface area contributed by atoms with E-state index in [2.05, 4.69) is 10.4 Å². The van der Waals surface area contributed by atoms with Crippen LogP contribution in [0.15, 0.2) is 42.7 Å². The van der Waals surface area contributed by atoms with Crippen molar-refractivity contribution in [2.75, 3.05) is 6.61 Å². The summed E-state index contributed by atoms with van der Waals surface area (Å²) in [4.78, 5) is 22.4. The van der Waals surface area contributed by atoms with Gasteiger partial charge >= 0.3 is 5.69 Å². The van der Waals surface area contributed by atoms with Gasteiger partial charge in [0.2, 0.25) is 5.91 Å². The highest BCUT2D eigenvalue weighted by molar-refractivity contribution is 5.76. The first-order valence-corrected chi connectivity index (χ1v) is 7.45. The molecule has 0 fully saturated rings. The van der Waals surface area contributed by atoms with Gasteiger partial charge in [-0.25, -0.2) is 0 Å². The topological polar surface area (TPSA) is 110 Å². The van der Waals surface area contributed by atoms with Crippen LogP contribution in [0.3, 0.4) is 0 Å². The van der Waals surface area contributed by atoms with Gasteiger partial charge in [-0.05, 0) is 5.56 Å². The lowest BCUT2D eigenvalue weighted by Crippen LogP contribution is -2.41. The van der Waals surface area contributed by atoms with Crippen LogP contribution in [-0.4, -0.2) is 32.3 Å². The summed E-state index contributed by atoms with van der Waals surface area (Å²) in [5.74, 6) is -0.344. The fourth-order valence-electron chi connectivity index (χ4n) is 2.35. The smallest absolute Gasteiger partial charge is 0.307 e. The molecule has 1 aromatic heterocycles. The maximum Gasteiger partial charge on any atom is 0.307 e. The Balaban J connectivity index is 2.14. The van der Waals surface area contributed by atoms with E-state index in [4.69, 9.17) is 0 Å². The average molecular weight is 332 g/mol. The Kier molecular flexibility index (Phi) is 5.30. The fraction of sp³-hybridized carbons (Fsp3) is 0.375. The van der Waals surface area contributed by atoms with E-state index in [0.717, 1.165) is 11.8 Å². The number of carbonyl (C=O) groups excluding carboxylic acids is 1. The highest BCUT2D eigenvalue weighted by atomic mass is 16.6. The molecule has 0 saturated heterocycles. The lowest BCUT2D eigenvalue weighted by molar-refractivity contribution is -0.385. The summed E-state index contributed by atoms with van der Waals surface area (Å²) < 4.78 is 1.21. The number of carbonyl (C=O) groups is 1. The second kappa shape index (κ2) is 7.22. The highest BCUT2D eigenvalue weighted by Crippen LogP contribution is 2.32. The number of nitro groups is 1. The summed E-state index contributed by atoms with van der Waals surface area (Å²) in [5.41, 5.74) is 0.127. The summed E-state index contributed by atoms with van der Waals surface area (Å²) in [6.07, 6.45) is 2.30. The zero-order valence-corrected chi connectivity index (χ0v) is 13.5. The van der Waals surface area contributed by atoms with Gasteiger partial charge in [-0.3, -0.25) is 19.6 Å². The molecule has 0 spiro atoms.